The van der Waals surface area contributed by atoms with Gasteiger partial charge in [0.25, 0.3) is 0 Å². The first-order chi connectivity index (χ1) is 18.1. The molecule has 3 rings (SSSR count). The number of aliphatic hydroxyl groups is 1. The number of nitrogens with one attached hydrogen (secondary N) is 4. The van der Waals surface area contributed by atoms with Gasteiger partial charge in [0, 0.05) is 29.9 Å². The van der Waals surface area contributed by atoms with Crippen molar-refractivity contribution >= 4 is 34.6 Å². The molecule has 38 heavy (non-hydrogen) atoms. The van der Waals surface area contributed by atoms with Crippen molar-refractivity contribution in [1.29, 1.82) is 0 Å². The smallest absolute Gasteiger partial charge is 0.328 e. The van der Waals surface area contributed by atoms with Crippen LogP contribution in [0.5, 0.6) is 5.75 Å². The Morgan fingerprint density at radius 1 is 0.868 bits per heavy atom. The lowest BCUT2D eigenvalue weighted by molar-refractivity contribution is -0.143. The highest BCUT2D eigenvalue weighted by molar-refractivity contribution is 5.95. The van der Waals surface area contributed by atoms with Crippen LogP contribution in [-0.2, 0) is 32.0 Å². The fourth-order valence-corrected chi connectivity index (χ4v) is 3.84. The maximum atomic E-state index is 13.4. The highest BCUT2D eigenvalue weighted by atomic mass is 16.4. The van der Waals surface area contributed by atoms with Crippen LogP contribution in [0.3, 0.4) is 0 Å². The normalized spacial score (nSPS) is 14.2. The minimum absolute atomic E-state index is 0.00742. The molecule has 4 unspecified atom stereocenters. The summed E-state index contributed by atoms with van der Waals surface area (Å²) in [5.74, 6) is -3.53. The number of aliphatic hydroxyl groups excluding tert-OH is 1. The zero-order valence-electron chi connectivity index (χ0n) is 20.7. The average Bonchev–Trinajstić information content (AvgIpc) is 3.29. The quantitative estimate of drug-likeness (QED) is 0.155. The lowest BCUT2D eigenvalue weighted by atomic mass is 10.0. The number of aliphatic carboxylic acids is 1. The van der Waals surface area contributed by atoms with Crippen LogP contribution in [0.1, 0.15) is 18.1 Å². The number of para-hydroxylation sites is 1. The second-order valence-corrected chi connectivity index (χ2v) is 8.93. The summed E-state index contributed by atoms with van der Waals surface area (Å²) in [7, 11) is 0. The molecule has 0 saturated carbocycles. The van der Waals surface area contributed by atoms with E-state index in [1.54, 1.807) is 18.3 Å². The number of carboxylic acids is 1. The number of phenols is 1. The minimum atomic E-state index is -1.57. The first-order valence-electron chi connectivity index (χ1n) is 11.9. The van der Waals surface area contributed by atoms with Crippen LogP contribution < -0.4 is 21.7 Å². The summed E-state index contributed by atoms with van der Waals surface area (Å²) < 4.78 is 0. The molecule has 12 heteroatoms. The SMILES string of the molecule is CC(N)C(=O)NC(Cc1ccc(O)cc1)C(=O)NC(Cc1c[nH]c2ccccc12)C(=O)NC(CO)C(=O)O. The molecular formula is C26H31N5O7. The number of fused-ring (bicyclic) bond motifs is 1. The van der Waals surface area contributed by atoms with E-state index in [4.69, 9.17) is 5.73 Å². The summed E-state index contributed by atoms with van der Waals surface area (Å²) in [6.07, 6.45) is 1.70. The number of aromatic nitrogens is 1. The lowest BCUT2D eigenvalue weighted by Gasteiger charge is -2.25. The fraction of sp³-hybridized carbons (Fsp3) is 0.308. The van der Waals surface area contributed by atoms with Gasteiger partial charge in [0.1, 0.15) is 23.9 Å². The minimum Gasteiger partial charge on any atom is -0.508 e. The number of rotatable bonds is 12. The van der Waals surface area contributed by atoms with Crippen LogP contribution in [0.2, 0.25) is 0 Å². The monoisotopic (exact) mass is 525 g/mol. The number of carbonyl (C=O) groups excluding carboxylic acids is 3. The van der Waals surface area contributed by atoms with Gasteiger partial charge in [0.2, 0.25) is 17.7 Å². The second-order valence-electron chi connectivity index (χ2n) is 8.93. The van der Waals surface area contributed by atoms with Gasteiger partial charge in [-0.2, -0.15) is 0 Å². The molecule has 0 fully saturated rings. The topological polar surface area (TPSA) is 207 Å². The van der Waals surface area contributed by atoms with Crippen LogP contribution in [-0.4, -0.2) is 74.8 Å². The van der Waals surface area contributed by atoms with Gasteiger partial charge < -0.3 is 42.0 Å². The van der Waals surface area contributed by atoms with E-state index in [9.17, 15) is 34.5 Å². The Morgan fingerprint density at radius 3 is 2.05 bits per heavy atom. The molecule has 12 nitrogen and oxygen atoms in total. The Hall–Kier alpha value is -4.42. The van der Waals surface area contributed by atoms with Crippen molar-refractivity contribution in [3.8, 4) is 5.75 Å². The van der Waals surface area contributed by atoms with Crippen molar-refractivity contribution in [2.45, 2.75) is 43.9 Å². The Morgan fingerprint density at radius 2 is 1.45 bits per heavy atom. The molecular weight excluding hydrogens is 494 g/mol. The molecule has 202 valence electrons. The highest BCUT2D eigenvalue weighted by Gasteiger charge is 2.30. The van der Waals surface area contributed by atoms with E-state index in [0.29, 0.717) is 11.1 Å². The number of H-pyrrole nitrogens is 1. The van der Waals surface area contributed by atoms with Gasteiger partial charge >= 0.3 is 5.97 Å². The summed E-state index contributed by atoms with van der Waals surface area (Å²) in [5, 5.41) is 36.4. The molecule has 3 aromatic rings. The lowest BCUT2D eigenvalue weighted by Crippen LogP contribution is -2.58. The summed E-state index contributed by atoms with van der Waals surface area (Å²) in [5.41, 5.74) is 7.78. The van der Waals surface area contributed by atoms with Crippen molar-refractivity contribution < 1.29 is 34.5 Å². The van der Waals surface area contributed by atoms with Crippen LogP contribution in [0.4, 0.5) is 0 Å². The Kier molecular flexibility index (Phi) is 9.41. The molecule has 0 spiro atoms. The average molecular weight is 526 g/mol. The zero-order valence-corrected chi connectivity index (χ0v) is 20.7. The van der Waals surface area contributed by atoms with Gasteiger partial charge in [-0.15, -0.1) is 0 Å². The van der Waals surface area contributed by atoms with E-state index < -0.39 is 54.5 Å². The van der Waals surface area contributed by atoms with Gasteiger partial charge in [0.15, 0.2) is 0 Å². The first-order valence-corrected chi connectivity index (χ1v) is 11.9. The van der Waals surface area contributed by atoms with E-state index in [-0.39, 0.29) is 18.6 Å². The molecule has 9 N–H and O–H groups in total. The Labute approximate surface area is 218 Å². The molecule has 0 bridgehead atoms. The number of aromatic amines is 1. The third-order valence-corrected chi connectivity index (χ3v) is 5.95. The van der Waals surface area contributed by atoms with Crippen molar-refractivity contribution in [3.05, 3.63) is 65.9 Å². The predicted octanol–water partition coefficient (Wildman–Crippen LogP) is -0.463. The standard InChI is InChI=1S/C26H31N5O7/c1-14(27)23(34)29-20(10-15-6-8-17(33)9-7-15)24(35)30-21(25(36)31-22(13-32)26(37)38)11-16-12-28-19-5-3-2-4-18(16)19/h2-9,12,14,20-22,28,32-33H,10-11,13,27H2,1H3,(H,29,34)(H,30,35)(H,31,36)(H,37,38). The number of carbonyl (C=O) groups is 4. The molecule has 1 aromatic heterocycles. The predicted molar refractivity (Wildman–Crippen MR) is 138 cm³/mol. The Bertz CT molecular complexity index is 1290. The van der Waals surface area contributed by atoms with Crippen LogP contribution in [0, 0.1) is 0 Å². The molecule has 0 saturated heterocycles. The number of nitrogens with two attached hydrogens (primary N) is 1. The highest BCUT2D eigenvalue weighted by Crippen LogP contribution is 2.19. The molecule has 3 amide bonds. The maximum Gasteiger partial charge on any atom is 0.328 e. The summed E-state index contributed by atoms with van der Waals surface area (Å²) in [6.45, 7) is 0.613. The Balaban J connectivity index is 1.88. The fourth-order valence-electron chi connectivity index (χ4n) is 3.84. The zero-order chi connectivity index (χ0) is 27.8. The van der Waals surface area contributed by atoms with Crippen LogP contribution in [0.25, 0.3) is 10.9 Å². The van der Waals surface area contributed by atoms with E-state index >= 15 is 0 Å². The number of carboxylic acid groups (broad SMARTS) is 1. The van der Waals surface area contributed by atoms with Crippen molar-refractivity contribution in [2.75, 3.05) is 6.61 Å². The van der Waals surface area contributed by atoms with Gasteiger partial charge in [0.05, 0.1) is 12.6 Å². The number of benzene rings is 2. The molecule has 0 aliphatic heterocycles. The van der Waals surface area contributed by atoms with Gasteiger partial charge in [-0.1, -0.05) is 30.3 Å². The molecule has 0 aliphatic carbocycles. The molecule has 4 atom stereocenters. The number of hydrogen-bond acceptors (Lipinski definition) is 7. The van der Waals surface area contributed by atoms with E-state index in [1.165, 1.54) is 19.1 Å². The summed E-state index contributed by atoms with van der Waals surface area (Å²) in [6, 6.07) is 8.51. The van der Waals surface area contributed by atoms with Gasteiger partial charge in [-0.3, -0.25) is 14.4 Å². The molecule has 0 radical (unpaired) electrons. The number of phenolic OH excluding ortho intramolecular Hbond substituents is 1. The number of aromatic hydroxyl groups is 1. The number of hydrogen-bond donors (Lipinski definition) is 8. The first kappa shape index (κ1) is 28.2. The summed E-state index contributed by atoms with van der Waals surface area (Å²) in [4.78, 5) is 53.3. The van der Waals surface area contributed by atoms with E-state index in [2.05, 4.69) is 20.9 Å². The second kappa shape index (κ2) is 12.7. The third kappa shape index (κ3) is 7.31. The van der Waals surface area contributed by atoms with E-state index in [0.717, 1.165) is 10.9 Å². The summed E-state index contributed by atoms with van der Waals surface area (Å²) >= 11 is 0. The molecule has 2 aromatic carbocycles. The van der Waals surface area contributed by atoms with Crippen molar-refractivity contribution in [2.24, 2.45) is 5.73 Å². The van der Waals surface area contributed by atoms with Gasteiger partial charge in [-0.05, 0) is 36.2 Å². The largest absolute Gasteiger partial charge is 0.508 e. The van der Waals surface area contributed by atoms with Crippen molar-refractivity contribution in [3.63, 3.8) is 0 Å². The molecule has 1 heterocycles. The third-order valence-electron chi connectivity index (χ3n) is 5.95. The van der Waals surface area contributed by atoms with Crippen molar-refractivity contribution in [1.82, 2.24) is 20.9 Å². The van der Waals surface area contributed by atoms with Crippen LogP contribution in [0.15, 0.2) is 54.7 Å². The molecule has 0 aliphatic rings. The van der Waals surface area contributed by atoms with E-state index in [1.807, 2.05) is 24.3 Å². The van der Waals surface area contributed by atoms with Gasteiger partial charge in [-0.25, -0.2) is 4.79 Å². The maximum absolute atomic E-state index is 13.4. The number of amides is 3. The van der Waals surface area contributed by atoms with Crippen LogP contribution >= 0.6 is 0 Å².